The molecule has 1 aromatic heterocycles. The van der Waals surface area contributed by atoms with E-state index in [9.17, 15) is 0 Å². The molecule has 0 aliphatic rings. The largest absolute Gasteiger partial charge is 0.490 e. The number of benzene rings is 1. The summed E-state index contributed by atoms with van der Waals surface area (Å²) in [5.41, 5.74) is 1.62. The van der Waals surface area contributed by atoms with Gasteiger partial charge in [-0.15, -0.1) is 0 Å². The van der Waals surface area contributed by atoms with Gasteiger partial charge in [0.05, 0.1) is 11.8 Å². The molecule has 0 saturated heterocycles. The molecule has 0 fully saturated rings. The molecular formula is C15H17ClN2O2. The minimum atomic E-state index is 0.0897. The standard InChI is InChI=1S/C15H17ClN2O2/c1-10(2)20-13-7-5-4-6-11(13)12-8-14(16)18-15(17-12)9-19-3/h4-8,10H,9H2,1-3H3. The first-order chi connectivity index (χ1) is 9.60. The van der Waals surface area contributed by atoms with Gasteiger partial charge in [-0.1, -0.05) is 23.7 Å². The lowest BCUT2D eigenvalue weighted by Gasteiger charge is -2.14. The Morgan fingerprint density at radius 1 is 1.20 bits per heavy atom. The maximum Gasteiger partial charge on any atom is 0.156 e. The van der Waals surface area contributed by atoms with Crippen molar-refractivity contribution in [2.75, 3.05) is 7.11 Å². The number of hydrogen-bond acceptors (Lipinski definition) is 4. The fraction of sp³-hybridized carbons (Fsp3) is 0.333. The Morgan fingerprint density at radius 2 is 1.95 bits per heavy atom. The Kier molecular flexibility index (Phi) is 4.93. The molecule has 0 unspecified atom stereocenters. The van der Waals surface area contributed by atoms with E-state index in [4.69, 9.17) is 21.1 Å². The molecule has 1 heterocycles. The summed E-state index contributed by atoms with van der Waals surface area (Å²) in [6, 6.07) is 9.46. The number of nitrogens with zero attached hydrogens (tertiary/aromatic N) is 2. The smallest absolute Gasteiger partial charge is 0.156 e. The van der Waals surface area contributed by atoms with E-state index >= 15 is 0 Å². The van der Waals surface area contributed by atoms with E-state index in [1.54, 1.807) is 13.2 Å². The predicted molar refractivity (Wildman–Crippen MR) is 79.0 cm³/mol. The van der Waals surface area contributed by atoms with E-state index < -0.39 is 0 Å². The maximum absolute atomic E-state index is 6.05. The van der Waals surface area contributed by atoms with Crippen molar-refractivity contribution in [2.24, 2.45) is 0 Å². The first-order valence-corrected chi connectivity index (χ1v) is 6.76. The number of halogens is 1. The van der Waals surface area contributed by atoms with Gasteiger partial charge < -0.3 is 9.47 Å². The molecule has 4 nitrogen and oxygen atoms in total. The average molecular weight is 293 g/mol. The van der Waals surface area contributed by atoms with Crippen LogP contribution in [0.5, 0.6) is 5.75 Å². The van der Waals surface area contributed by atoms with Crippen molar-refractivity contribution in [2.45, 2.75) is 26.6 Å². The zero-order valence-corrected chi connectivity index (χ0v) is 12.5. The summed E-state index contributed by atoms with van der Waals surface area (Å²) < 4.78 is 10.9. The Balaban J connectivity index is 2.45. The monoisotopic (exact) mass is 292 g/mol. The van der Waals surface area contributed by atoms with E-state index in [0.717, 1.165) is 17.0 Å². The van der Waals surface area contributed by atoms with Crippen LogP contribution in [-0.4, -0.2) is 23.2 Å². The number of hydrogen-bond donors (Lipinski definition) is 0. The lowest BCUT2D eigenvalue weighted by atomic mass is 10.1. The van der Waals surface area contributed by atoms with Crippen LogP contribution in [0.2, 0.25) is 5.15 Å². The van der Waals surface area contributed by atoms with Gasteiger partial charge in [0.15, 0.2) is 5.82 Å². The van der Waals surface area contributed by atoms with Crippen molar-refractivity contribution in [3.63, 3.8) is 0 Å². The van der Waals surface area contributed by atoms with Gasteiger partial charge in [0.25, 0.3) is 0 Å². The van der Waals surface area contributed by atoms with E-state index in [0.29, 0.717) is 17.6 Å². The molecular weight excluding hydrogens is 276 g/mol. The Hall–Kier alpha value is -1.65. The van der Waals surface area contributed by atoms with Crippen molar-refractivity contribution in [3.8, 4) is 17.0 Å². The van der Waals surface area contributed by atoms with Crippen LogP contribution >= 0.6 is 11.6 Å². The fourth-order valence-corrected chi connectivity index (χ4v) is 2.03. The molecule has 0 bridgehead atoms. The first-order valence-electron chi connectivity index (χ1n) is 6.38. The van der Waals surface area contributed by atoms with Crippen LogP contribution in [0.25, 0.3) is 11.3 Å². The topological polar surface area (TPSA) is 44.2 Å². The quantitative estimate of drug-likeness (QED) is 0.788. The highest BCUT2D eigenvalue weighted by molar-refractivity contribution is 6.29. The van der Waals surface area contributed by atoms with Gasteiger partial charge in [-0.05, 0) is 26.0 Å². The second-order valence-electron chi connectivity index (χ2n) is 4.59. The van der Waals surface area contributed by atoms with Crippen LogP contribution < -0.4 is 4.74 Å². The normalized spacial score (nSPS) is 10.8. The highest BCUT2D eigenvalue weighted by Gasteiger charge is 2.11. The van der Waals surface area contributed by atoms with E-state index in [2.05, 4.69) is 9.97 Å². The van der Waals surface area contributed by atoms with Crippen LogP contribution in [0.15, 0.2) is 30.3 Å². The second-order valence-corrected chi connectivity index (χ2v) is 4.98. The predicted octanol–water partition coefficient (Wildman–Crippen LogP) is 3.73. The zero-order valence-electron chi connectivity index (χ0n) is 11.8. The minimum Gasteiger partial charge on any atom is -0.490 e. The third kappa shape index (κ3) is 3.68. The summed E-state index contributed by atoms with van der Waals surface area (Å²) in [6.07, 6.45) is 0.0897. The molecule has 5 heteroatoms. The summed E-state index contributed by atoms with van der Waals surface area (Å²) in [5.74, 6) is 1.33. The molecule has 0 amide bonds. The van der Waals surface area contributed by atoms with Crippen LogP contribution in [0, 0.1) is 0 Å². The Bertz CT molecular complexity index is 588. The SMILES string of the molecule is COCc1nc(Cl)cc(-c2ccccc2OC(C)C)n1. The average Bonchev–Trinajstić information content (AvgIpc) is 2.38. The number of methoxy groups -OCH3 is 1. The van der Waals surface area contributed by atoms with Gasteiger partial charge in [0, 0.05) is 18.7 Å². The van der Waals surface area contributed by atoms with Crippen LogP contribution in [0.4, 0.5) is 0 Å². The summed E-state index contributed by atoms with van der Waals surface area (Å²) in [4.78, 5) is 8.59. The van der Waals surface area contributed by atoms with Crippen LogP contribution in [0.3, 0.4) is 0 Å². The Morgan fingerprint density at radius 3 is 2.65 bits per heavy atom. The molecule has 0 N–H and O–H groups in total. The molecule has 0 spiro atoms. The summed E-state index contributed by atoms with van der Waals surface area (Å²) >= 11 is 6.05. The van der Waals surface area contributed by atoms with Gasteiger partial charge in [-0.25, -0.2) is 9.97 Å². The minimum absolute atomic E-state index is 0.0897. The van der Waals surface area contributed by atoms with E-state index in [-0.39, 0.29) is 6.10 Å². The van der Waals surface area contributed by atoms with Gasteiger partial charge in [-0.3, -0.25) is 0 Å². The second kappa shape index (κ2) is 6.68. The maximum atomic E-state index is 6.05. The van der Waals surface area contributed by atoms with Crippen molar-refractivity contribution in [3.05, 3.63) is 41.3 Å². The van der Waals surface area contributed by atoms with Crippen molar-refractivity contribution in [1.29, 1.82) is 0 Å². The zero-order chi connectivity index (χ0) is 14.5. The fourth-order valence-electron chi connectivity index (χ4n) is 1.83. The highest BCUT2D eigenvalue weighted by atomic mass is 35.5. The van der Waals surface area contributed by atoms with Gasteiger partial charge in [0.1, 0.15) is 17.5 Å². The Labute approximate surface area is 123 Å². The molecule has 0 atom stereocenters. The molecule has 0 saturated carbocycles. The molecule has 0 radical (unpaired) electrons. The lowest BCUT2D eigenvalue weighted by molar-refractivity contribution is 0.178. The third-order valence-electron chi connectivity index (χ3n) is 2.54. The number of para-hydroxylation sites is 1. The molecule has 1 aromatic carbocycles. The lowest BCUT2D eigenvalue weighted by Crippen LogP contribution is -2.07. The molecule has 0 aliphatic heterocycles. The molecule has 20 heavy (non-hydrogen) atoms. The number of aromatic nitrogens is 2. The third-order valence-corrected chi connectivity index (χ3v) is 2.73. The van der Waals surface area contributed by atoms with E-state index in [1.807, 2.05) is 38.1 Å². The molecule has 106 valence electrons. The van der Waals surface area contributed by atoms with Gasteiger partial charge in [-0.2, -0.15) is 0 Å². The highest BCUT2D eigenvalue weighted by Crippen LogP contribution is 2.30. The van der Waals surface area contributed by atoms with Crippen molar-refractivity contribution in [1.82, 2.24) is 9.97 Å². The molecule has 2 rings (SSSR count). The number of ether oxygens (including phenoxy) is 2. The van der Waals surface area contributed by atoms with Crippen molar-refractivity contribution >= 4 is 11.6 Å². The number of rotatable bonds is 5. The molecule has 0 aliphatic carbocycles. The van der Waals surface area contributed by atoms with Crippen molar-refractivity contribution < 1.29 is 9.47 Å². The summed E-state index contributed by atoms with van der Waals surface area (Å²) in [6.45, 7) is 4.29. The summed E-state index contributed by atoms with van der Waals surface area (Å²) in [5, 5.41) is 0.390. The van der Waals surface area contributed by atoms with Crippen LogP contribution in [-0.2, 0) is 11.3 Å². The van der Waals surface area contributed by atoms with Crippen LogP contribution in [0.1, 0.15) is 19.7 Å². The van der Waals surface area contributed by atoms with Gasteiger partial charge in [0.2, 0.25) is 0 Å². The van der Waals surface area contributed by atoms with Gasteiger partial charge >= 0.3 is 0 Å². The molecule has 2 aromatic rings. The van der Waals surface area contributed by atoms with E-state index in [1.165, 1.54) is 0 Å². The summed E-state index contributed by atoms with van der Waals surface area (Å²) in [7, 11) is 1.60. The first kappa shape index (κ1) is 14.8.